The molecule has 0 bridgehead atoms. The van der Waals surface area contributed by atoms with Gasteiger partial charge in [-0.3, -0.25) is 4.99 Å². The molecule has 1 aliphatic carbocycles. The topological polar surface area (TPSA) is 56.8 Å². The zero-order chi connectivity index (χ0) is 18.5. The Morgan fingerprint density at radius 2 is 1.50 bits per heavy atom. The van der Waals surface area contributed by atoms with Crippen LogP contribution in [0, 0.1) is 0 Å². The fourth-order valence-electron chi connectivity index (χ4n) is 3.12. The van der Waals surface area contributed by atoms with E-state index in [1.165, 1.54) is 17.2 Å². The Kier molecular flexibility index (Phi) is 3.61. The monoisotopic (exact) mass is 366 g/mol. The van der Waals surface area contributed by atoms with Crippen LogP contribution in [0.15, 0.2) is 47.5 Å². The number of hydrogen-bond donors (Lipinski definition) is 1. The Hall–Kier alpha value is -2.77. The molecule has 2 aliphatic rings. The van der Waals surface area contributed by atoms with E-state index in [1.54, 1.807) is 0 Å². The highest BCUT2D eigenvalue weighted by Crippen LogP contribution is 2.47. The van der Waals surface area contributed by atoms with Crippen LogP contribution in [0.5, 0.6) is 11.5 Å². The van der Waals surface area contributed by atoms with Gasteiger partial charge in [-0.05, 0) is 42.2 Å². The quantitative estimate of drug-likeness (QED) is 0.503. The van der Waals surface area contributed by atoms with Crippen LogP contribution < -0.4 is 15.2 Å². The first kappa shape index (κ1) is 16.7. The maximum Gasteiger partial charge on any atom is 0.507 e. The van der Waals surface area contributed by atoms with E-state index in [0.29, 0.717) is 5.56 Å². The molecule has 2 N–H and O–H groups in total. The molecule has 136 valence electrons. The van der Waals surface area contributed by atoms with Gasteiger partial charge in [0.15, 0.2) is 11.5 Å². The maximum absolute atomic E-state index is 13.3. The van der Waals surface area contributed by atoms with E-state index in [4.69, 9.17) is 5.73 Å². The molecule has 0 saturated carbocycles. The van der Waals surface area contributed by atoms with Crippen LogP contribution in [0.4, 0.5) is 17.6 Å². The van der Waals surface area contributed by atoms with Crippen LogP contribution >= 0.6 is 0 Å². The predicted octanol–water partition coefficient (Wildman–Crippen LogP) is 3.52. The highest BCUT2D eigenvalue weighted by molar-refractivity contribution is 5.98. The number of ether oxygens (including phenoxy) is 2. The summed E-state index contributed by atoms with van der Waals surface area (Å²) in [6.45, 7) is 0. The Labute approximate surface area is 146 Å². The lowest BCUT2D eigenvalue weighted by Gasteiger charge is -2.31. The van der Waals surface area contributed by atoms with Crippen molar-refractivity contribution in [1.82, 2.24) is 0 Å². The Morgan fingerprint density at radius 1 is 0.923 bits per heavy atom. The first-order valence-electron chi connectivity index (χ1n) is 7.93. The highest BCUT2D eigenvalue weighted by Gasteiger charge is 2.65. The molecule has 0 radical (unpaired) electrons. The van der Waals surface area contributed by atoms with E-state index in [0.717, 1.165) is 25.0 Å². The molecule has 2 aromatic carbocycles. The molecule has 0 amide bonds. The third-order valence-electron chi connectivity index (χ3n) is 4.41. The molecule has 2 aromatic rings. The van der Waals surface area contributed by atoms with Gasteiger partial charge in [0, 0.05) is 5.56 Å². The summed E-state index contributed by atoms with van der Waals surface area (Å²) < 4.78 is 61.2. The molecule has 0 saturated heterocycles. The van der Waals surface area contributed by atoms with Gasteiger partial charge in [-0.1, -0.05) is 24.3 Å². The maximum atomic E-state index is 13.3. The minimum absolute atomic E-state index is 0.0635. The van der Waals surface area contributed by atoms with Gasteiger partial charge in [-0.2, -0.15) is 17.6 Å². The van der Waals surface area contributed by atoms with Gasteiger partial charge in [-0.15, -0.1) is 0 Å². The largest absolute Gasteiger partial charge is 0.507 e. The fourth-order valence-corrected chi connectivity index (χ4v) is 3.12. The zero-order valence-corrected chi connectivity index (χ0v) is 13.4. The number of nitrogens with two attached hydrogens (primary N) is 1. The van der Waals surface area contributed by atoms with Crippen molar-refractivity contribution in [1.29, 1.82) is 0 Å². The van der Waals surface area contributed by atoms with Crippen LogP contribution in [-0.2, 0) is 12.8 Å². The number of nitrogens with zero attached hydrogens (tertiary/aromatic N) is 1. The Morgan fingerprint density at radius 3 is 2.12 bits per heavy atom. The lowest BCUT2D eigenvalue weighted by Crippen LogP contribution is -2.52. The standard InChI is InChI=1S/C18H14F4N2O2/c19-17(20)18(21,22)26-15-9-12(5-6-14(15)25-17)16(23)24-13-7-10-3-1-2-4-11(10)8-13/h1-6,9,13H,7-8H2,(H2,23,24). The highest BCUT2D eigenvalue weighted by atomic mass is 19.3. The molecule has 0 fully saturated rings. The number of halogens is 4. The lowest BCUT2D eigenvalue weighted by atomic mass is 10.1. The number of amidine groups is 1. The first-order chi connectivity index (χ1) is 12.2. The number of alkyl halides is 4. The van der Waals surface area contributed by atoms with Crippen LogP contribution in [0.1, 0.15) is 16.7 Å². The Bertz CT molecular complexity index is 874. The van der Waals surface area contributed by atoms with E-state index >= 15 is 0 Å². The van der Waals surface area contributed by atoms with Crippen molar-refractivity contribution in [3.8, 4) is 11.5 Å². The molecule has 26 heavy (non-hydrogen) atoms. The molecule has 0 aromatic heterocycles. The number of hydrogen-bond acceptors (Lipinski definition) is 3. The third-order valence-corrected chi connectivity index (χ3v) is 4.41. The second kappa shape index (κ2) is 5.62. The van der Waals surface area contributed by atoms with Gasteiger partial charge in [-0.25, -0.2) is 0 Å². The number of fused-ring (bicyclic) bond motifs is 2. The van der Waals surface area contributed by atoms with Crippen LogP contribution in [0.3, 0.4) is 0 Å². The summed E-state index contributed by atoms with van der Waals surface area (Å²) in [4.78, 5) is 4.44. The van der Waals surface area contributed by atoms with Crippen molar-refractivity contribution in [2.75, 3.05) is 0 Å². The molecule has 1 aliphatic heterocycles. The molecular formula is C18H14F4N2O2. The average Bonchev–Trinajstić information content (AvgIpc) is 2.97. The minimum Gasteiger partial charge on any atom is -0.421 e. The number of aliphatic imine (C=N–C) groups is 1. The van der Waals surface area contributed by atoms with E-state index in [9.17, 15) is 17.6 Å². The van der Waals surface area contributed by atoms with Crippen molar-refractivity contribution >= 4 is 5.84 Å². The van der Waals surface area contributed by atoms with Crippen LogP contribution in [0.25, 0.3) is 0 Å². The SMILES string of the molecule is NC(=NC1Cc2ccccc2C1)c1ccc2c(c1)OC(F)(F)C(F)(F)O2. The van der Waals surface area contributed by atoms with Crippen molar-refractivity contribution in [2.24, 2.45) is 10.7 Å². The summed E-state index contributed by atoms with van der Waals surface area (Å²) in [6.07, 6.45) is -8.05. The predicted molar refractivity (Wildman–Crippen MR) is 86.0 cm³/mol. The molecule has 8 heteroatoms. The normalized spacial score (nSPS) is 20.7. The van der Waals surface area contributed by atoms with Crippen molar-refractivity contribution < 1.29 is 27.0 Å². The summed E-state index contributed by atoms with van der Waals surface area (Å²) >= 11 is 0. The van der Waals surface area contributed by atoms with Gasteiger partial charge in [0.1, 0.15) is 5.84 Å². The van der Waals surface area contributed by atoms with Crippen LogP contribution in [-0.4, -0.2) is 24.1 Å². The fraction of sp³-hybridized carbons (Fsp3) is 0.278. The summed E-state index contributed by atoms with van der Waals surface area (Å²) in [7, 11) is 0. The average molecular weight is 366 g/mol. The van der Waals surface area contributed by atoms with Crippen molar-refractivity contribution in [3.05, 3.63) is 59.2 Å². The van der Waals surface area contributed by atoms with Crippen molar-refractivity contribution in [2.45, 2.75) is 31.1 Å². The number of rotatable bonds is 2. The molecule has 0 atom stereocenters. The van der Waals surface area contributed by atoms with Gasteiger partial charge >= 0.3 is 12.2 Å². The van der Waals surface area contributed by atoms with Gasteiger partial charge < -0.3 is 15.2 Å². The zero-order valence-electron chi connectivity index (χ0n) is 13.4. The Balaban J connectivity index is 1.58. The smallest absolute Gasteiger partial charge is 0.421 e. The van der Waals surface area contributed by atoms with E-state index in [2.05, 4.69) is 14.5 Å². The van der Waals surface area contributed by atoms with E-state index in [1.807, 2.05) is 24.3 Å². The van der Waals surface area contributed by atoms with Crippen molar-refractivity contribution in [3.63, 3.8) is 0 Å². The first-order valence-corrected chi connectivity index (χ1v) is 7.93. The lowest BCUT2D eigenvalue weighted by molar-refractivity contribution is -0.391. The summed E-state index contributed by atoms with van der Waals surface area (Å²) in [6, 6.07) is 11.5. The molecule has 0 spiro atoms. The van der Waals surface area contributed by atoms with Gasteiger partial charge in [0.25, 0.3) is 0 Å². The third kappa shape index (κ3) is 2.75. The molecular weight excluding hydrogens is 352 g/mol. The molecule has 0 unspecified atom stereocenters. The van der Waals surface area contributed by atoms with E-state index in [-0.39, 0.29) is 11.9 Å². The molecule has 4 rings (SSSR count). The van der Waals surface area contributed by atoms with Crippen LogP contribution in [0.2, 0.25) is 0 Å². The van der Waals surface area contributed by atoms with Gasteiger partial charge in [0.05, 0.1) is 6.04 Å². The second-order valence-electron chi connectivity index (χ2n) is 6.24. The summed E-state index contributed by atoms with van der Waals surface area (Å²) in [5, 5.41) is 0. The second-order valence-corrected chi connectivity index (χ2v) is 6.24. The minimum atomic E-state index is -4.77. The van der Waals surface area contributed by atoms with Gasteiger partial charge in [0.2, 0.25) is 0 Å². The summed E-state index contributed by atoms with van der Waals surface area (Å²) in [5.41, 5.74) is 8.66. The molecule has 1 heterocycles. The summed E-state index contributed by atoms with van der Waals surface area (Å²) in [5.74, 6) is -0.869. The number of benzene rings is 2. The molecule has 4 nitrogen and oxygen atoms in total. The van der Waals surface area contributed by atoms with E-state index < -0.39 is 23.7 Å².